The van der Waals surface area contributed by atoms with Gasteiger partial charge < -0.3 is 15.0 Å². The number of rotatable bonds is 5. The van der Waals surface area contributed by atoms with Crippen LogP contribution in [-0.2, 0) is 6.54 Å². The van der Waals surface area contributed by atoms with Gasteiger partial charge in [0.2, 0.25) is 0 Å². The molecule has 2 N–H and O–H groups in total. The lowest BCUT2D eigenvalue weighted by molar-refractivity contribution is 0.368. The molecule has 0 amide bonds. The van der Waals surface area contributed by atoms with Crippen molar-refractivity contribution in [1.82, 2.24) is 9.97 Å². The van der Waals surface area contributed by atoms with E-state index in [4.69, 9.17) is 10.00 Å². The van der Waals surface area contributed by atoms with Crippen LogP contribution < -0.4 is 10.1 Å². The van der Waals surface area contributed by atoms with E-state index in [2.05, 4.69) is 15.3 Å². The average Bonchev–Trinajstić information content (AvgIpc) is 2.80. The molecule has 18 heavy (non-hydrogen) atoms. The molecule has 0 aliphatic rings. The van der Waals surface area contributed by atoms with Crippen LogP contribution in [0.4, 0.5) is 5.69 Å². The number of ether oxygens (including phenoxy) is 1. The number of nitrogens with zero attached hydrogens (tertiary/aromatic N) is 2. The van der Waals surface area contributed by atoms with Gasteiger partial charge in [-0.25, -0.2) is 4.98 Å². The lowest BCUT2D eigenvalue weighted by atomic mass is 10.3. The van der Waals surface area contributed by atoms with E-state index >= 15 is 0 Å². The molecular formula is C13H14N4O. The molecule has 0 aliphatic carbocycles. The summed E-state index contributed by atoms with van der Waals surface area (Å²) in [5, 5.41) is 11.7. The molecule has 2 aromatic rings. The summed E-state index contributed by atoms with van der Waals surface area (Å²) in [7, 11) is 0. The van der Waals surface area contributed by atoms with Gasteiger partial charge in [-0.05, 0) is 19.1 Å². The maximum Gasteiger partial charge on any atom is 0.174 e. The molecule has 0 atom stereocenters. The third-order valence-electron chi connectivity index (χ3n) is 2.38. The first kappa shape index (κ1) is 12.0. The summed E-state index contributed by atoms with van der Waals surface area (Å²) in [6.07, 6.45) is 1.80. The number of imidazole rings is 1. The van der Waals surface area contributed by atoms with Gasteiger partial charge in [-0.3, -0.25) is 0 Å². The summed E-state index contributed by atoms with van der Waals surface area (Å²) in [5.41, 5.74) is 1.97. The average molecular weight is 242 g/mol. The van der Waals surface area contributed by atoms with Crippen LogP contribution in [0.25, 0.3) is 0 Å². The van der Waals surface area contributed by atoms with Crippen LogP contribution in [0.15, 0.2) is 30.5 Å². The van der Waals surface area contributed by atoms with E-state index in [0.717, 1.165) is 17.2 Å². The number of nitrogens with one attached hydrogen (secondary N) is 2. The second-order valence-electron chi connectivity index (χ2n) is 3.82. The third kappa shape index (κ3) is 3.25. The maximum atomic E-state index is 8.45. The molecule has 0 radical (unpaired) electrons. The normalized spacial score (nSPS) is 9.78. The Morgan fingerprint density at radius 3 is 3.11 bits per heavy atom. The van der Waals surface area contributed by atoms with Crippen molar-refractivity contribution in [3.05, 3.63) is 42.0 Å². The molecule has 0 spiro atoms. The molecule has 1 heterocycles. The van der Waals surface area contributed by atoms with Gasteiger partial charge in [-0.2, -0.15) is 5.26 Å². The highest BCUT2D eigenvalue weighted by molar-refractivity contribution is 5.48. The second-order valence-corrected chi connectivity index (χ2v) is 3.82. The van der Waals surface area contributed by atoms with Gasteiger partial charge in [0.1, 0.15) is 17.6 Å². The zero-order valence-electron chi connectivity index (χ0n) is 10.1. The zero-order chi connectivity index (χ0) is 12.8. The standard InChI is InChI=1S/C13H14N4O/c1-10-15-8-12(17-10)9-16-11-3-2-4-13(7-11)18-6-5-14/h2-4,7-8,16H,6,9H2,1H3,(H,15,17). The largest absolute Gasteiger partial charge is 0.479 e. The quantitative estimate of drug-likeness (QED) is 0.843. The van der Waals surface area contributed by atoms with Crippen LogP contribution in [0.3, 0.4) is 0 Å². The highest BCUT2D eigenvalue weighted by atomic mass is 16.5. The van der Waals surface area contributed by atoms with Crippen molar-refractivity contribution < 1.29 is 4.74 Å². The number of aryl methyl sites for hydroxylation is 1. The van der Waals surface area contributed by atoms with Crippen LogP contribution in [-0.4, -0.2) is 16.6 Å². The fraction of sp³-hybridized carbons (Fsp3) is 0.231. The van der Waals surface area contributed by atoms with Crippen LogP contribution >= 0.6 is 0 Å². The molecule has 5 nitrogen and oxygen atoms in total. The molecule has 0 unspecified atom stereocenters. The Morgan fingerprint density at radius 1 is 1.50 bits per heavy atom. The summed E-state index contributed by atoms with van der Waals surface area (Å²) in [5.74, 6) is 1.58. The van der Waals surface area contributed by atoms with Crippen molar-refractivity contribution in [2.75, 3.05) is 11.9 Å². The molecule has 5 heteroatoms. The van der Waals surface area contributed by atoms with Crippen LogP contribution in [0.2, 0.25) is 0 Å². The maximum absolute atomic E-state index is 8.45. The van der Waals surface area contributed by atoms with Gasteiger partial charge in [-0.15, -0.1) is 0 Å². The van der Waals surface area contributed by atoms with E-state index in [9.17, 15) is 0 Å². The van der Waals surface area contributed by atoms with Crippen LogP contribution in [0.5, 0.6) is 5.75 Å². The Labute approximate surface area is 105 Å². The highest BCUT2D eigenvalue weighted by Crippen LogP contribution is 2.17. The zero-order valence-corrected chi connectivity index (χ0v) is 10.1. The number of anilines is 1. The minimum atomic E-state index is 0.0587. The van der Waals surface area contributed by atoms with E-state index < -0.39 is 0 Å². The molecular weight excluding hydrogens is 228 g/mol. The van der Waals surface area contributed by atoms with Gasteiger partial charge in [0.25, 0.3) is 0 Å². The van der Waals surface area contributed by atoms with Crippen molar-refractivity contribution in [1.29, 1.82) is 5.26 Å². The van der Waals surface area contributed by atoms with Gasteiger partial charge >= 0.3 is 0 Å². The molecule has 2 rings (SSSR count). The smallest absolute Gasteiger partial charge is 0.174 e. The van der Waals surface area contributed by atoms with E-state index in [1.807, 2.05) is 37.3 Å². The molecule has 0 bridgehead atoms. The number of aromatic nitrogens is 2. The lowest BCUT2D eigenvalue weighted by Crippen LogP contribution is -2.00. The fourth-order valence-electron chi connectivity index (χ4n) is 1.57. The summed E-state index contributed by atoms with van der Waals surface area (Å²) >= 11 is 0. The van der Waals surface area contributed by atoms with Crippen molar-refractivity contribution in [3.8, 4) is 11.8 Å². The molecule has 0 aliphatic heterocycles. The molecule has 0 saturated heterocycles. The predicted molar refractivity (Wildman–Crippen MR) is 68.2 cm³/mol. The topological polar surface area (TPSA) is 73.7 Å². The predicted octanol–water partition coefficient (Wildman–Crippen LogP) is 2.23. The Kier molecular flexibility index (Phi) is 3.82. The van der Waals surface area contributed by atoms with Gasteiger partial charge in [0.15, 0.2) is 6.61 Å². The number of hydrogen-bond donors (Lipinski definition) is 2. The second kappa shape index (κ2) is 5.73. The Hall–Kier alpha value is -2.48. The fourth-order valence-corrected chi connectivity index (χ4v) is 1.57. The van der Waals surface area contributed by atoms with Crippen molar-refractivity contribution >= 4 is 5.69 Å². The lowest BCUT2D eigenvalue weighted by Gasteiger charge is -2.07. The van der Waals surface area contributed by atoms with Crippen LogP contribution in [0, 0.1) is 18.3 Å². The minimum Gasteiger partial charge on any atom is -0.479 e. The monoisotopic (exact) mass is 242 g/mol. The van der Waals surface area contributed by atoms with Gasteiger partial charge in [-0.1, -0.05) is 6.07 Å². The molecule has 0 fully saturated rings. The highest BCUT2D eigenvalue weighted by Gasteiger charge is 1.99. The summed E-state index contributed by atoms with van der Waals surface area (Å²) in [6.45, 7) is 2.64. The molecule has 92 valence electrons. The van der Waals surface area contributed by atoms with Crippen molar-refractivity contribution in [3.63, 3.8) is 0 Å². The van der Waals surface area contributed by atoms with E-state index in [1.54, 1.807) is 6.20 Å². The number of hydrogen-bond acceptors (Lipinski definition) is 4. The van der Waals surface area contributed by atoms with Gasteiger partial charge in [0.05, 0.1) is 18.4 Å². The number of benzene rings is 1. The first-order valence-electron chi connectivity index (χ1n) is 5.62. The summed E-state index contributed by atoms with van der Waals surface area (Å²) in [4.78, 5) is 7.28. The van der Waals surface area contributed by atoms with Crippen LogP contribution in [0.1, 0.15) is 11.5 Å². The Balaban J connectivity index is 1.95. The Bertz CT molecular complexity index is 556. The van der Waals surface area contributed by atoms with Crippen molar-refractivity contribution in [2.45, 2.75) is 13.5 Å². The number of aromatic amines is 1. The molecule has 1 aromatic carbocycles. The van der Waals surface area contributed by atoms with Gasteiger partial charge in [0, 0.05) is 11.8 Å². The third-order valence-corrected chi connectivity index (χ3v) is 2.38. The summed E-state index contributed by atoms with van der Waals surface area (Å²) < 4.78 is 5.23. The van der Waals surface area contributed by atoms with E-state index in [-0.39, 0.29) is 6.61 Å². The van der Waals surface area contributed by atoms with E-state index in [1.165, 1.54) is 0 Å². The first-order chi connectivity index (χ1) is 8.78. The molecule has 1 aromatic heterocycles. The SMILES string of the molecule is Cc1ncc(CNc2cccc(OCC#N)c2)[nH]1. The minimum absolute atomic E-state index is 0.0587. The van der Waals surface area contributed by atoms with Crippen molar-refractivity contribution in [2.24, 2.45) is 0 Å². The first-order valence-corrected chi connectivity index (χ1v) is 5.62. The molecule has 0 saturated carbocycles. The number of nitriles is 1. The number of H-pyrrole nitrogens is 1. The Morgan fingerprint density at radius 2 is 2.39 bits per heavy atom. The van der Waals surface area contributed by atoms with E-state index in [0.29, 0.717) is 12.3 Å². The summed E-state index contributed by atoms with van der Waals surface area (Å²) in [6, 6.07) is 9.45.